The number of nitrogens with two attached hydrogens (primary N) is 1. The summed E-state index contributed by atoms with van der Waals surface area (Å²) < 4.78 is 9.20. The molecule has 0 aromatic heterocycles. The molecule has 1 amide bonds. The second-order valence-electron chi connectivity index (χ2n) is 7.29. The predicted octanol–water partition coefficient (Wildman–Crippen LogP) is 3.52. The molecule has 1 aliphatic carbocycles. The number of nitrogens with one attached hydrogen (secondary N) is 1. The molecule has 0 spiro atoms. The van der Waals surface area contributed by atoms with E-state index in [4.69, 9.17) is 10.6 Å². The van der Waals surface area contributed by atoms with Crippen LogP contribution in [0.2, 0.25) is 0 Å². The molecular formula is C20H34IN3O4. The molecule has 0 fully saturated rings. The average molecular weight is 507 g/mol. The zero-order valence-electron chi connectivity index (χ0n) is 18.0. The number of hydrogen-bond acceptors (Lipinski definition) is 6. The van der Waals surface area contributed by atoms with Gasteiger partial charge in [0.05, 0.1) is 7.11 Å². The van der Waals surface area contributed by atoms with Crippen LogP contribution in [-0.2, 0) is 20.7 Å². The molecule has 0 saturated carbocycles. The number of amides is 1. The van der Waals surface area contributed by atoms with Crippen molar-refractivity contribution in [1.29, 1.82) is 0 Å². The van der Waals surface area contributed by atoms with Crippen LogP contribution >= 0.6 is 22.6 Å². The third kappa shape index (κ3) is 9.70. The van der Waals surface area contributed by atoms with Crippen molar-refractivity contribution in [2.45, 2.75) is 52.2 Å². The number of methoxy groups -OCH3 is 1. The zero-order valence-corrected chi connectivity index (χ0v) is 20.1. The maximum Gasteiger partial charge on any atom is 0.408 e. The van der Waals surface area contributed by atoms with Gasteiger partial charge in [0.25, 0.3) is 0 Å². The highest BCUT2D eigenvalue weighted by Gasteiger charge is 2.25. The highest BCUT2D eigenvalue weighted by molar-refractivity contribution is 14.1. The van der Waals surface area contributed by atoms with Crippen LogP contribution in [0.5, 0.6) is 0 Å². The number of alkyl carbamates (subject to hydrolysis) is 1. The first kappa shape index (κ1) is 26.6. The summed E-state index contributed by atoms with van der Waals surface area (Å²) in [6.45, 7) is 7.23. The largest absolute Gasteiger partial charge is 0.468 e. The molecule has 7 nitrogen and oxygen atoms in total. The highest BCUT2D eigenvalue weighted by atomic mass is 127. The monoisotopic (exact) mass is 507 g/mol. The Hall–Kier alpha value is -1.39. The number of nitrogens with zero attached hydrogens (tertiary/aromatic N) is 1. The van der Waals surface area contributed by atoms with Gasteiger partial charge in [0.2, 0.25) is 0 Å². The van der Waals surface area contributed by atoms with E-state index in [1.807, 2.05) is 17.0 Å². The van der Waals surface area contributed by atoms with Crippen molar-refractivity contribution in [3.05, 3.63) is 34.9 Å². The van der Waals surface area contributed by atoms with E-state index in [9.17, 15) is 9.59 Å². The summed E-state index contributed by atoms with van der Waals surface area (Å²) in [4.78, 5) is 23.5. The van der Waals surface area contributed by atoms with Crippen LogP contribution in [-0.4, -0.2) is 48.3 Å². The summed E-state index contributed by atoms with van der Waals surface area (Å²) in [5.41, 5.74) is 3.77. The number of hydrogen-bond donors (Lipinski definition) is 2. The number of esters is 1. The van der Waals surface area contributed by atoms with Gasteiger partial charge in [0, 0.05) is 13.1 Å². The number of halogens is 1. The summed E-state index contributed by atoms with van der Waals surface area (Å²) in [6.07, 6.45) is 1.71. The predicted molar refractivity (Wildman–Crippen MR) is 120 cm³/mol. The van der Waals surface area contributed by atoms with Crippen molar-refractivity contribution < 1.29 is 19.1 Å². The second-order valence-corrected chi connectivity index (χ2v) is 7.29. The van der Waals surface area contributed by atoms with E-state index in [0.29, 0.717) is 6.04 Å². The maximum absolute atomic E-state index is 10.9. The molecule has 3 N–H and O–H groups in total. The minimum Gasteiger partial charge on any atom is -0.468 e. The topological polar surface area (TPSA) is 93.9 Å². The van der Waals surface area contributed by atoms with Crippen molar-refractivity contribution in [3.8, 4) is 0 Å². The normalized spacial score (nSPS) is 14.7. The van der Waals surface area contributed by atoms with Crippen molar-refractivity contribution in [2.75, 3.05) is 25.6 Å². The molecule has 8 heteroatoms. The molecule has 0 aliphatic heterocycles. The third-order valence-corrected chi connectivity index (χ3v) is 3.97. The van der Waals surface area contributed by atoms with Gasteiger partial charge in [-0.3, -0.25) is 10.6 Å². The Balaban J connectivity index is 0.000000478. The van der Waals surface area contributed by atoms with Crippen molar-refractivity contribution in [3.63, 3.8) is 0 Å². The van der Waals surface area contributed by atoms with Gasteiger partial charge in [0.1, 0.15) is 12.1 Å². The number of fused-ring (bicyclic) bond motifs is 1. The minimum atomic E-state index is -0.627. The summed E-state index contributed by atoms with van der Waals surface area (Å²) in [5, 5.41) is 4.08. The summed E-state index contributed by atoms with van der Waals surface area (Å²) in [5.74, 6) is 5.29. The van der Waals surface area contributed by atoms with Crippen molar-refractivity contribution in [2.24, 2.45) is 5.84 Å². The molecule has 1 unspecified atom stereocenters. The van der Waals surface area contributed by atoms with E-state index in [1.165, 1.54) is 30.2 Å². The third-order valence-electron chi connectivity index (χ3n) is 3.97. The fourth-order valence-corrected chi connectivity index (χ4v) is 2.77. The van der Waals surface area contributed by atoms with Gasteiger partial charge in [-0.15, -0.1) is 0 Å². The highest BCUT2D eigenvalue weighted by Crippen LogP contribution is 2.35. The van der Waals surface area contributed by atoms with Crippen LogP contribution in [0.25, 0.3) is 0 Å². The van der Waals surface area contributed by atoms with E-state index in [1.54, 1.807) is 20.8 Å². The van der Waals surface area contributed by atoms with Crippen LogP contribution < -0.4 is 11.2 Å². The maximum atomic E-state index is 10.9. The molecule has 0 saturated heterocycles. The van der Waals surface area contributed by atoms with E-state index in [-0.39, 0.29) is 6.54 Å². The molecule has 1 aromatic rings. The molecule has 1 atom stereocenters. The Morgan fingerprint density at radius 3 is 2.43 bits per heavy atom. The Kier molecular flexibility index (Phi) is 12.3. The first-order chi connectivity index (χ1) is 13.0. The number of carbonyl (C=O) groups excluding carboxylic acids is 2. The molecular weight excluding hydrogens is 473 g/mol. The smallest absolute Gasteiger partial charge is 0.408 e. The SMILES string of the molecule is CI.COC(=O)CNC(=O)OC(C)(C)C.Cc1cccc2c1CCC2N(C)N. The van der Waals surface area contributed by atoms with Gasteiger partial charge in [-0.1, -0.05) is 40.8 Å². The molecule has 0 radical (unpaired) electrons. The molecule has 28 heavy (non-hydrogen) atoms. The van der Waals surface area contributed by atoms with Gasteiger partial charge >= 0.3 is 12.1 Å². The lowest BCUT2D eigenvalue weighted by molar-refractivity contribution is -0.139. The standard InChI is InChI=1S/C11H16N2.C8H15NO4.CH3I/c1-8-4-3-5-10-9(8)6-7-11(10)13(2)12;1-8(2,3)13-7(11)9-5-6(10)12-4;1-2/h3-5,11H,6-7,12H2,1-2H3;5H2,1-4H3,(H,9,11);1H3. The number of hydrazine groups is 1. The minimum absolute atomic E-state index is 0.175. The van der Waals surface area contributed by atoms with Crippen LogP contribution in [0.1, 0.15) is 49.9 Å². The van der Waals surface area contributed by atoms with Crippen LogP contribution in [0.4, 0.5) is 4.79 Å². The Morgan fingerprint density at radius 2 is 1.93 bits per heavy atom. The quantitative estimate of drug-likeness (QED) is 0.214. The Morgan fingerprint density at radius 1 is 1.32 bits per heavy atom. The van der Waals surface area contributed by atoms with Gasteiger partial charge in [-0.05, 0) is 62.2 Å². The molecule has 1 aromatic carbocycles. The summed E-state index contributed by atoms with van der Waals surface area (Å²) >= 11 is 2.15. The molecule has 160 valence electrons. The van der Waals surface area contributed by atoms with Gasteiger partial charge in [0.15, 0.2) is 0 Å². The van der Waals surface area contributed by atoms with Crippen molar-refractivity contribution in [1.82, 2.24) is 10.3 Å². The molecule has 0 heterocycles. The lowest BCUT2D eigenvalue weighted by Gasteiger charge is -2.19. The average Bonchev–Trinajstić information content (AvgIpc) is 3.06. The molecule has 2 rings (SSSR count). The second kappa shape index (κ2) is 12.9. The summed E-state index contributed by atoms with van der Waals surface area (Å²) in [6, 6.07) is 6.92. The van der Waals surface area contributed by atoms with Gasteiger partial charge in [-0.2, -0.15) is 0 Å². The molecule has 1 aliphatic rings. The Labute approximate surface area is 182 Å². The summed E-state index contributed by atoms with van der Waals surface area (Å²) in [7, 11) is 3.20. The number of rotatable bonds is 3. The fraction of sp³-hybridized carbons (Fsp3) is 0.600. The first-order valence-corrected chi connectivity index (χ1v) is 11.2. The lowest BCUT2D eigenvalue weighted by atomic mass is 10.0. The van der Waals surface area contributed by atoms with Crippen LogP contribution in [0.15, 0.2) is 18.2 Å². The van der Waals surface area contributed by atoms with Gasteiger partial charge < -0.3 is 14.8 Å². The van der Waals surface area contributed by atoms with Crippen LogP contribution in [0.3, 0.4) is 0 Å². The zero-order chi connectivity index (χ0) is 21.9. The van der Waals surface area contributed by atoms with E-state index in [2.05, 4.69) is 57.8 Å². The lowest BCUT2D eigenvalue weighted by Crippen LogP contribution is -2.35. The number of carbonyl (C=O) groups is 2. The Bertz CT molecular complexity index is 630. The van der Waals surface area contributed by atoms with Gasteiger partial charge in [-0.25, -0.2) is 9.80 Å². The first-order valence-electron chi connectivity index (χ1n) is 9.02. The van der Waals surface area contributed by atoms with E-state index in [0.717, 1.165) is 6.42 Å². The molecule has 0 bridgehead atoms. The number of benzene rings is 1. The fourth-order valence-electron chi connectivity index (χ4n) is 2.77. The van der Waals surface area contributed by atoms with Crippen molar-refractivity contribution >= 4 is 34.7 Å². The van der Waals surface area contributed by atoms with E-state index >= 15 is 0 Å². The number of aryl methyl sites for hydroxylation is 1. The van der Waals surface area contributed by atoms with Crippen LogP contribution in [0, 0.1) is 6.92 Å². The number of alkyl halides is 1. The number of ether oxygens (including phenoxy) is 2. The van der Waals surface area contributed by atoms with E-state index < -0.39 is 17.7 Å².